The van der Waals surface area contributed by atoms with Gasteiger partial charge in [-0.05, 0) is 6.92 Å². The van der Waals surface area contributed by atoms with E-state index in [1.54, 1.807) is 6.92 Å². The Balaban J connectivity index is 3.19. The average molecular weight is 303 g/mol. The molecule has 0 radical (unpaired) electrons. The monoisotopic (exact) mass is 303 g/mol. The van der Waals surface area contributed by atoms with Gasteiger partial charge in [-0.1, -0.05) is 0 Å². The molecule has 0 fully saturated rings. The fourth-order valence-corrected chi connectivity index (χ4v) is 4.29. The lowest BCUT2D eigenvalue weighted by molar-refractivity contribution is 0.131. The van der Waals surface area contributed by atoms with E-state index in [-0.39, 0.29) is 4.88 Å². The fourth-order valence-electron chi connectivity index (χ4n) is 1.10. The minimum absolute atomic E-state index is 0.177. The molecule has 0 atom stereocenters. The maximum absolute atomic E-state index is 11.0. The molecule has 0 saturated heterocycles. The highest BCUT2D eigenvalue weighted by Crippen LogP contribution is 2.68. The second-order valence-corrected chi connectivity index (χ2v) is 8.71. The molecule has 0 unspecified atom stereocenters. The quantitative estimate of drug-likeness (QED) is 0.488. The maximum Gasteiger partial charge on any atom is 0.369 e. The smallest absolute Gasteiger partial charge is 0.367 e. The second-order valence-electron chi connectivity index (χ2n) is 3.38. The molecular formula is C6H11NO7P2S. The van der Waals surface area contributed by atoms with Crippen LogP contribution in [0.2, 0.25) is 0 Å². The topological polar surface area (TPSA) is 148 Å². The first kappa shape index (κ1) is 14.9. The highest BCUT2D eigenvalue weighted by Gasteiger charge is 2.59. The molecule has 5 N–H and O–H groups in total. The number of hydrogen-bond acceptors (Lipinski definition) is 5. The number of hydrogen-bond donors (Lipinski definition) is 5. The zero-order chi connectivity index (χ0) is 13.5. The van der Waals surface area contributed by atoms with E-state index >= 15 is 0 Å². The summed E-state index contributed by atoms with van der Waals surface area (Å²) < 4.78 is 22.1. The van der Waals surface area contributed by atoms with E-state index in [2.05, 4.69) is 4.98 Å². The molecule has 0 spiro atoms. The molecule has 98 valence electrons. The molecule has 11 heteroatoms. The van der Waals surface area contributed by atoms with E-state index in [1.165, 1.54) is 6.20 Å². The Morgan fingerprint density at radius 1 is 1.29 bits per heavy atom. The van der Waals surface area contributed by atoms with Gasteiger partial charge in [0.1, 0.15) is 0 Å². The standard InChI is InChI=1S/C6H11NO7P2S/c1-4-7-3-5(17-4)2-6(8,15(9,10)11)16(12,13)14/h3,8H,2H2,1H3,(H2,9,10,11)(H2,12,13,14). The number of nitrogens with zero attached hydrogens (tertiary/aromatic N) is 1. The molecule has 1 aromatic heterocycles. The summed E-state index contributed by atoms with van der Waals surface area (Å²) in [7, 11) is -10.8. The van der Waals surface area contributed by atoms with Crippen LogP contribution >= 0.6 is 26.5 Å². The Hall–Kier alpha value is -0.110. The first-order valence-electron chi connectivity index (χ1n) is 4.22. The summed E-state index contributed by atoms with van der Waals surface area (Å²) in [6.07, 6.45) is 0.351. The molecule has 0 aliphatic rings. The van der Waals surface area contributed by atoms with Gasteiger partial charge in [0.15, 0.2) is 0 Å². The van der Waals surface area contributed by atoms with E-state index in [4.69, 9.17) is 19.6 Å². The van der Waals surface area contributed by atoms with Crippen LogP contribution in [0.15, 0.2) is 6.20 Å². The van der Waals surface area contributed by atoms with Crippen molar-refractivity contribution in [1.29, 1.82) is 0 Å². The SMILES string of the molecule is Cc1ncc(CC(O)(P(=O)(O)O)P(=O)(O)O)s1. The van der Waals surface area contributed by atoms with Gasteiger partial charge in [0.05, 0.1) is 5.01 Å². The van der Waals surface area contributed by atoms with Crippen LogP contribution in [-0.2, 0) is 15.6 Å². The third kappa shape index (κ3) is 3.01. The van der Waals surface area contributed by atoms with Crippen LogP contribution in [0.4, 0.5) is 0 Å². The summed E-state index contributed by atoms with van der Waals surface area (Å²) in [6, 6.07) is 0. The van der Waals surface area contributed by atoms with Crippen LogP contribution in [0.1, 0.15) is 9.88 Å². The summed E-state index contributed by atoms with van der Waals surface area (Å²) in [5.74, 6) is 0. The zero-order valence-electron chi connectivity index (χ0n) is 8.59. The van der Waals surface area contributed by atoms with E-state index in [0.29, 0.717) is 5.01 Å². The highest BCUT2D eigenvalue weighted by atomic mass is 32.1. The Morgan fingerprint density at radius 3 is 2.06 bits per heavy atom. The normalized spacial score (nSPS) is 14.0. The molecular weight excluding hydrogens is 292 g/mol. The molecule has 1 rings (SSSR count). The van der Waals surface area contributed by atoms with Crippen LogP contribution < -0.4 is 0 Å². The van der Waals surface area contributed by atoms with Crippen molar-refractivity contribution in [2.75, 3.05) is 0 Å². The van der Waals surface area contributed by atoms with Gasteiger partial charge in [-0.2, -0.15) is 0 Å². The molecule has 0 saturated carbocycles. The van der Waals surface area contributed by atoms with E-state index < -0.39 is 26.7 Å². The third-order valence-electron chi connectivity index (χ3n) is 2.01. The highest BCUT2D eigenvalue weighted by molar-refractivity contribution is 7.72. The Morgan fingerprint density at radius 2 is 1.76 bits per heavy atom. The summed E-state index contributed by atoms with van der Waals surface area (Å²) in [5.41, 5.74) is 0. The Labute approximate surface area is 100 Å². The number of aromatic nitrogens is 1. The molecule has 0 amide bonds. The van der Waals surface area contributed by atoms with Crippen molar-refractivity contribution < 1.29 is 33.8 Å². The molecule has 1 heterocycles. The van der Waals surface area contributed by atoms with Crippen LogP contribution in [0.25, 0.3) is 0 Å². The van der Waals surface area contributed by atoms with Crippen LogP contribution in [0, 0.1) is 6.92 Å². The minimum Gasteiger partial charge on any atom is -0.367 e. The summed E-state index contributed by atoms with van der Waals surface area (Å²) >= 11 is 0.989. The van der Waals surface area contributed by atoms with Crippen LogP contribution in [0.3, 0.4) is 0 Å². The lowest BCUT2D eigenvalue weighted by Gasteiger charge is -2.28. The summed E-state index contributed by atoms with van der Waals surface area (Å²) in [6.45, 7) is 1.61. The van der Waals surface area contributed by atoms with Crippen LogP contribution in [-0.4, -0.2) is 34.7 Å². The fraction of sp³-hybridized carbons (Fsp3) is 0.500. The van der Waals surface area contributed by atoms with Crippen molar-refractivity contribution in [3.8, 4) is 0 Å². The first-order chi connectivity index (χ1) is 7.47. The Bertz CT molecular complexity index is 480. The molecule has 17 heavy (non-hydrogen) atoms. The molecule has 0 aliphatic heterocycles. The van der Waals surface area contributed by atoms with Crippen molar-refractivity contribution in [3.05, 3.63) is 16.1 Å². The lowest BCUT2D eigenvalue weighted by Crippen LogP contribution is -2.31. The van der Waals surface area contributed by atoms with Gasteiger partial charge in [0.25, 0.3) is 5.08 Å². The Kier molecular flexibility index (Phi) is 3.98. The van der Waals surface area contributed by atoms with Gasteiger partial charge < -0.3 is 24.7 Å². The molecule has 0 bridgehead atoms. The van der Waals surface area contributed by atoms with E-state index in [9.17, 15) is 14.2 Å². The maximum atomic E-state index is 11.0. The van der Waals surface area contributed by atoms with E-state index in [0.717, 1.165) is 11.3 Å². The van der Waals surface area contributed by atoms with Gasteiger partial charge in [-0.25, -0.2) is 4.98 Å². The predicted molar refractivity (Wildman–Crippen MR) is 59.6 cm³/mol. The van der Waals surface area contributed by atoms with Gasteiger partial charge in [0, 0.05) is 17.5 Å². The van der Waals surface area contributed by atoms with Crippen LogP contribution in [0.5, 0.6) is 0 Å². The summed E-state index contributed by atoms with van der Waals surface area (Å²) in [5, 5.41) is 6.75. The number of rotatable bonds is 4. The van der Waals surface area contributed by atoms with E-state index in [1.807, 2.05) is 0 Å². The second kappa shape index (κ2) is 4.53. The number of thiazole rings is 1. The predicted octanol–water partition coefficient (Wildman–Crippen LogP) is -0.00448. The van der Waals surface area contributed by atoms with Gasteiger partial charge >= 0.3 is 15.2 Å². The van der Waals surface area contributed by atoms with Crippen molar-refractivity contribution in [3.63, 3.8) is 0 Å². The molecule has 8 nitrogen and oxygen atoms in total. The van der Waals surface area contributed by atoms with Crippen molar-refractivity contribution in [1.82, 2.24) is 4.98 Å². The zero-order valence-corrected chi connectivity index (χ0v) is 11.2. The van der Waals surface area contributed by atoms with Gasteiger partial charge in [0.2, 0.25) is 0 Å². The average Bonchev–Trinajstić information content (AvgIpc) is 2.47. The third-order valence-corrected chi connectivity index (χ3v) is 6.67. The molecule has 0 aliphatic carbocycles. The van der Waals surface area contributed by atoms with Gasteiger partial charge in [-0.3, -0.25) is 9.13 Å². The van der Waals surface area contributed by atoms with Crippen molar-refractivity contribution in [2.45, 2.75) is 18.4 Å². The minimum atomic E-state index is -5.39. The molecule has 1 aromatic rings. The number of aryl methyl sites for hydroxylation is 1. The van der Waals surface area contributed by atoms with Crippen molar-refractivity contribution in [2.24, 2.45) is 0 Å². The number of aliphatic hydroxyl groups is 1. The largest absolute Gasteiger partial charge is 0.369 e. The lowest BCUT2D eigenvalue weighted by atomic mass is 10.4. The summed E-state index contributed by atoms with van der Waals surface area (Å²) in [4.78, 5) is 39.5. The van der Waals surface area contributed by atoms with Gasteiger partial charge in [-0.15, -0.1) is 11.3 Å². The molecule has 0 aromatic carbocycles. The van der Waals surface area contributed by atoms with Crippen molar-refractivity contribution >= 4 is 26.5 Å². The first-order valence-corrected chi connectivity index (χ1v) is 8.26.